The third kappa shape index (κ3) is 4.44. The summed E-state index contributed by atoms with van der Waals surface area (Å²) in [6.45, 7) is -0.251. The summed E-state index contributed by atoms with van der Waals surface area (Å²) in [7, 11) is 0. The Hall–Kier alpha value is -1.65. The van der Waals surface area contributed by atoms with Crippen molar-refractivity contribution >= 4 is 41.1 Å². The number of amides is 1. The number of anilines is 1. The number of nitriles is 1. The van der Waals surface area contributed by atoms with Crippen LogP contribution in [-0.4, -0.2) is 34.1 Å². The van der Waals surface area contributed by atoms with E-state index in [2.05, 4.69) is 34.9 Å². The Kier molecular flexibility index (Phi) is 6.41. The number of nitrogens with one attached hydrogen (secondary N) is 1. The molecule has 1 aromatic rings. The van der Waals surface area contributed by atoms with Crippen molar-refractivity contribution in [1.29, 1.82) is 5.26 Å². The van der Waals surface area contributed by atoms with Gasteiger partial charge in [-0.3, -0.25) is 9.59 Å². The lowest BCUT2D eigenvalue weighted by Crippen LogP contribution is -2.48. The Bertz CT molecular complexity index is 783. The largest absolute Gasteiger partial charge is 0.455 e. The second-order valence-corrected chi connectivity index (χ2v) is 11.1. The van der Waals surface area contributed by atoms with Crippen molar-refractivity contribution in [2.24, 2.45) is 17.8 Å². The van der Waals surface area contributed by atoms with Crippen molar-refractivity contribution in [2.45, 2.75) is 42.6 Å². The number of rotatable bonds is 5. The third-order valence-corrected chi connectivity index (χ3v) is 10.3. The Morgan fingerprint density at radius 3 is 2.41 bits per heavy atom. The average Bonchev–Trinajstić information content (AvgIpc) is 3.17. The molecule has 3 aliphatic rings. The van der Waals surface area contributed by atoms with E-state index in [4.69, 9.17) is 10.00 Å². The van der Waals surface area contributed by atoms with E-state index in [1.165, 1.54) is 30.8 Å². The Balaban J connectivity index is 1.27. The highest BCUT2D eigenvalue weighted by molar-refractivity contribution is 8.21. The molecule has 4 rings (SSSR count). The first kappa shape index (κ1) is 20.6. The molecular weight excluding hydrogens is 404 g/mol. The molecule has 2 saturated carbocycles. The summed E-state index contributed by atoms with van der Waals surface area (Å²) >= 11 is 4.25. The highest BCUT2D eigenvalue weighted by atomic mass is 32.2. The standard InChI is InChI=1S/C22H26N2O3S2/c23-9-8-15-4-6-19(7-5-15)24-20(25)14-27-21(26)16-12-17-2-1-3-18(13-16)22(17)28-10-11-29-22/h4-7,16-18H,1-3,8,10-14H2,(H,24,25). The van der Waals surface area contributed by atoms with Crippen LogP contribution < -0.4 is 5.32 Å². The molecule has 2 bridgehead atoms. The number of benzene rings is 1. The molecule has 1 aromatic carbocycles. The number of hydrogen-bond acceptors (Lipinski definition) is 6. The van der Waals surface area contributed by atoms with Crippen LogP contribution in [0, 0.1) is 29.1 Å². The lowest BCUT2D eigenvalue weighted by Gasteiger charge is -2.51. The van der Waals surface area contributed by atoms with Gasteiger partial charge in [0.2, 0.25) is 0 Å². The van der Waals surface area contributed by atoms with Crippen LogP contribution in [0.1, 0.15) is 37.7 Å². The smallest absolute Gasteiger partial charge is 0.309 e. The van der Waals surface area contributed by atoms with Gasteiger partial charge in [-0.2, -0.15) is 5.26 Å². The van der Waals surface area contributed by atoms with Crippen molar-refractivity contribution in [3.63, 3.8) is 0 Å². The first-order valence-corrected chi connectivity index (χ1v) is 12.3. The second-order valence-electron chi connectivity index (χ2n) is 8.10. The van der Waals surface area contributed by atoms with Gasteiger partial charge in [0.25, 0.3) is 5.91 Å². The molecule has 1 heterocycles. The van der Waals surface area contributed by atoms with Gasteiger partial charge in [-0.15, -0.1) is 23.5 Å². The molecule has 1 amide bonds. The summed E-state index contributed by atoms with van der Waals surface area (Å²) < 4.78 is 5.72. The average molecular weight is 431 g/mol. The minimum atomic E-state index is -0.333. The maximum atomic E-state index is 12.7. The molecule has 29 heavy (non-hydrogen) atoms. The van der Waals surface area contributed by atoms with Gasteiger partial charge in [-0.1, -0.05) is 18.6 Å². The number of hydrogen-bond donors (Lipinski definition) is 1. The maximum absolute atomic E-state index is 12.7. The van der Waals surface area contributed by atoms with E-state index in [0.29, 0.717) is 28.0 Å². The van der Waals surface area contributed by atoms with Gasteiger partial charge in [-0.25, -0.2) is 0 Å². The van der Waals surface area contributed by atoms with Crippen molar-refractivity contribution in [2.75, 3.05) is 23.4 Å². The van der Waals surface area contributed by atoms with Crippen LogP contribution in [0.25, 0.3) is 0 Å². The van der Waals surface area contributed by atoms with Crippen molar-refractivity contribution in [3.8, 4) is 6.07 Å². The van der Waals surface area contributed by atoms with Crippen LogP contribution in [0.15, 0.2) is 24.3 Å². The highest BCUT2D eigenvalue weighted by Crippen LogP contribution is 2.64. The van der Waals surface area contributed by atoms with Crippen molar-refractivity contribution in [3.05, 3.63) is 29.8 Å². The van der Waals surface area contributed by atoms with Crippen molar-refractivity contribution < 1.29 is 14.3 Å². The van der Waals surface area contributed by atoms with Crippen LogP contribution in [0.5, 0.6) is 0 Å². The molecule has 1 N–H and O–H groups in total. The monoisotopic (exact) mass is 430 g/mol. The molecule has 0 radical (unpaired) electrons. The summed E-state index contributed by atoms with van der Waals surface area (Å²) in [6.07, 6.45) is 5.84. The van der Waals surface area contributed by atoms with Gasteiger partial charge < -0.3 is 10.1 Å². The van der Waals surface area contributed by atoms with E-state index in [9.17, 15) is 9.59 Å². The Morgan fingerprint density at radius 2 is 1.79 bits per heavy atom. The summed E-state index contributed by atoms with van der Waals surface area (Å²) in [5.74, 6) is 3.01. The van der Waals surface area contributed by atoms with E-state index in [-0.39, 0.29) is 24.4 Å². The number of thioether (sulfide) groups is 2. The molecule has 1 aliphatic heterocycles. The zero-order valence-corrected chi connectivity index (χ0v) is 18.0. The van der Waals surface area contributed by atoms with Gasteiger partial charge in [0.15, 0.2) is 6.61 Å². The van der Waals surface area contributed by atoms with Crippen LogP contribution >= 0.6 is 23.5 Å². The quantitative estimate of drug-likeness (QED) is 0.704. The van der Waals surface area contributed by atoms with E-state index >= 15 is 0 Å². The molecule has 7 heteroatoms. The van der Waals surface area contributed by atoms with Crippen LogP contribution in [-0.2, 0) is 20.7 Å². The van der Waals surface area contributed by atoms with Crippen LogP contribution in [0.2, 0.25) is 0 Å². The van der Waals surface area contributed by atoms with Gasteiger partial charge >= 0.3 is 5.97 Å². The molecule has 2 atom stereocenters. The first-order chi connectivity index (χ1) is 14.1. The van der Waals surface area contributed by atoms with E-state index in [1.54, 1.807) is 24.3 Å². The topological polar surface area (TPSA) is 79.2 Å². The maximum Gasteiger partial charge on any atom is 0.309 e. The van der Waals surface area contributed by atoms with Gasteiger partial charge in [0.05, 0.1) is 22.5 Å². The molecule has 5 nitrogen and oxygen atoms in total. The first-order valence-electron chi connectivity index (χ1n) is 10.3. The van der Waals surface area contributed by atoms with Crippen molar-refractivity contribution in [1.82, 2.24) is 0 Å². The number of nitrogens with zero attached hydrogens (tertiary/aromatic N) is 1. The predicted octanol–water partition coefficient (Wildman–Crippen LogP) is 4.24. The molecular formula is C22H26N2O3S2. The fourth-order valence-electron chi connectivity index (χ4n) is 5.05. The van der Waals surface area contributed by atoms with E-state index in [1.807, 2.05) is 0 Å². The minimum Gasteiger partial charge on any atom is -0.455 e. The summed E-state index contributed by atoms with van der Waals surface area (Å²) in [5, 5.41) is 11.4. The van der Waals surface area contributed by atoms with Crippen LogP contribution in [0.4, 0.5) is 5.69 Å². The van der Waals surface area contributed by atoms with Crippen LogP contribution in [0.3, 0.4) is 0 Å². The molecule has 2 aliphatic carbocycles. The minimum absolute atomic E-state index is 0.0733. The molecule has 3 fully saturated rings. The summed E-state index contributed by atoms with van der Waals surface area (Å²) in [4.78, 5) is 24.8. The lowest BCUT2D eigenvalue weighted by atomic mass is 9.67. The van der Waals surface area contributed by atoms with E-state index < -0.39 is 0 Å². The second kappa shape index (κ2) is 9.01. The fraction of sp³-hybridized carbons (Fsp3) is 0.591. The zero-order chi connectivity index (χ0) is 20.3. The highest BCUT2D eigenvalue weighted by Gasteiger charge is 2.55. The third-order valence-electron chi connectivity index (χ3n) is 6.32. The Morgan fingerprint density at radius 1 is 1.14 bits per heavy atom. The van der Waals surface area contributed by atoms with E-state index in [0.717, 1.165) is 18.4 Å². The predicted molar refractivity (Wildman–Crippen MR) is 117 cm³/mol. The number of carbonyl (C=O) groups is 2. The number of ether oxygens (including phenoxy) is 1. The summed E-state index contributed by atoms with van der Waals surface area (Å²) in [5.41, 5.74) is 1.54. The Labute approximate surface area is 180 Å². The SMILES string of the molecule is N#CCc1ccc(NC(=O)COC(=O)C2CC3CCCC(C2)C32SCCS2)cc1. The molecule has 1 spiro atoms. The van der Waals surface area contributed by atoms with Gasteiger partial charge in [-0.05, 0) is 55.2 Å². The number of carbonyl (C=O) groups excluding carboxylic acids is 2. The molecule has 1 saturated heterocycles. The normalized spacial score (nSPS) is 27.2. The molecule has 2 unspecified atom stereocenters. The fourth-order valence-corrected chi connectivity index (χ4v) is 8.99. The molecule has 0 aromatic heterocycles. The zero-order valence-electron chi connectivity index (χ0n) is 16.4. The van der Waals surface area contributed by atoms with Gasteiger partial charge in [0, 0.05) is 17.2 Å². The molecule has 154 valence electrons. The van der Waals surface area contributed by atoms with Gasteiger partial charge in [0.1, 0.15) is 0 Å². The number of esters is 1. The lowest BCUT2D eigenvalue weighted by molar-refractivity contribution is -0.154. The summed E-state index contributed by atoms with van der Waals surface area (Å²) in [6, 6.07) is 9.21.